The molecule has 0 saturated carbocycles. The highest BCUT2D eigenvalue weighted by atomic mass is 16.8. The zero-order chi connectivity index (χ0) is 44.5. The lowest BCUT2D eigenvalue weighted by atomic mass is 9.67. The maximum Gasteiger partial charge on any atom is 0.410 e. The van der Waals surface area contributed by atoms with Gasteiger partial charge in [-0.2, -0.15) is 0 Å². The van der Waals surface area contributed by atoms with Gasteiger partial charge in [0.1, 0.15) is 28.3 Å². The third-order valence-electron chi connectivity index (χ3n) is 10.5. The van der Waals surface area contributed by atoms with Gasteiger partial charge < -0.3 is 55.1 Å². The van der Waals surface area contributed by atoms with Crippen molar-refractivity contribution in [3.8, 4) is 0 Å². The van der Waals surface area contributed by atoms with Crippen LogP contribution in [-0.2, 0) is 54.0 Å². The Morgan fingerprint density at radius 3 is 1.80 bits per heavy atom. The minimum absolute atomic E-state index is 0.203. The Morgan fingerprint density at radius 1 is 0.780 bits per heavy atom. The standard InChI is InChI=1S/C38H57BN7O13/c1-34(2,28(49)42-35(3,4)29(50)43-36(5,6)30(51)44-37(7,8)31(52)45-38(9,10)32(53)55-11)40-19-21-15-13-14-16-22(21)39(56-12)58-25-23(20-47)57-27(26(25)59-39)46-18-17-24(48)41-33(46)54/h13-18,23,25-27,40,47H,19-20H2,1-12H3,(H,42,49)(H,43,50)(H,44,51)(H,45,52)(H,41,48,54)/q-1/p+1/t23-,25-,26-,27-,39-/m1/s1/i9+1/t23-,25-,26-,27-,38+,39-. The summed E-state index contributed by atoms with van der Waals surface area (Å²) < 4.78 is 30.6. The molecule has 0 unspecified atom stereocenters. The van der Waals surface area contributed by atoms with E-state index in [1.807, 2.05) is 6.07 Å². The number of nitrogens with zero attached hydrogens (tertiary/aromatic N) is 1. The quantitative estimate of drug-likeness (QED) is 0.0516. The molecule has 2 aliphatic rings. The van der Waals surface area contributed by atoms with Crippen LogP contribution in [0, 0.1) is 0 Å². The number of aliphatic hydroxyl groups is 1. The highest BCUT2D eigenvalue weighted by Gasteiger charge is 2.56. The number of esters is 1. The zero-order valence-corrected chi connectivity index (χ0v) is 35.6. The summed E-state index contributed by atoms with van der Waals surface area (Å²) in [6.45, 7) is 12.1. The number of ether oxygens (including phenoxy) is 2. The lowest BCUT2D eigenvalue weighted by Gasteiger charge is -2.38. The van der Waals surface area contributed by atoms with Crippen molar-refractivity contribution in [2.24, 2.45) is 0 Å². The fourth-order valence-electron chi connectivity index (χ4n) is 6.61. The van der Waals surface area contributed by atoms with Crippen LogP contribution in [0.25, 0.3) is 0 Å². The lowest BCUT2D eigenvalue weighted by molar-refractivity contribution is -0.720. The third-order valence-corrected chi connectivity index (χ3v) is 10.5. The van der Waals surface area contributed by atoms with Gasteiger partial charge >= 0.3 is 18.4 Å². The van der Waals surface area contributed by atoms with Crippen LogP contribution >= 0.6 is 0 Å². The number of carbonyl (C=O) groups is 5. The Morgan fingerprint density at radius 2 is 1.29 bits per heavy atom. The molecular formula is C38H58BN7O13. The van der Waals surface area contributed by atoms with Gasteiger partial charge in [-0.3, -0.25) is 33.5 Å². The summed E-state index contributed by atoms with van der Waals surface area (Å²) in [5.41, 5.74) is -7.26. The Bertz CT molecular complexity index is 2060. The predicted octanol–water partition coefficient (Wildman–Crippen LogP) is -2.70. The molecule has 1 aromatic carbocycles. The summed E-state index contributed by atoms with van der Waals surface area (Å²) in [5, 5.41) is 22.5. The van der Waals surface area contributed by atoms with Crippen LogP contribution < -0.4 is 43.3 Å². The molecule has 2 aromatic rings. The molecular weight excluding hydrogens is 774 g/mol. The molecule has 0 radical (unpaired) electrons. The number of quaternary nitrogens is 1. The number of fused-ring (bicyclic) bond motifs is 1. The number of aliphatic hydroxyl groups excluding tert-OH is 1. The first-order chi connectivity index (χ1) is 27.2. The van der Waals surface area contributed by atoms with Gasteiger partial charge in [0.15, 0.2) is 11.8 Å². The van der Waals surface area contributed by atoms with Gasteiger partial charge in [0.05, 0.1) is 32.5 Å². The molecule has 326 valence electrons. The summed E-state index contributed by atoms with van der Waals surface area (Å²) in [6.07, 6.45) is -2.46. The number of hydrogen-bond donors (Lipinski definition) is 7. The predicted molar refractivity (Wildman–Crippen MR) is 212 cm³/mol. The molecule has 2 aliphatic heterocycles. The number of methoxy groups -OCH3 is 1. The van der Waals surface area contributed by atoms with Crippen molar-refractivity contribution in [1.82, 2.24) is 30.8 Å². The van der Waals surface area contributed by atoms with Gasteiger partial charge in [-0.25, -0.2) is 9.59 Å². The normalized spacial score (nSPS) is 23.1. The highest BCUT2D eigenvalue weighted by molar-refractivity contribution is 6.76. The Hall–Kier alpha value is -4.93. The molecule has 4 rings (SSSR count). The molecule has 21 heteroatoms. The minimum Gasteiger partial charge on any atom is -0.543 e. The first kappa shape index (κ1) is 46.8. The van der Waals surface area contributed by atoms with Crippen LogP contribution in [0.3, 0.4) is 0 Å². The Balaban J connectivity index is 1.44. The van der Waals surface area contributed by atoms with E-state index in [4.69, 9.17) is 23.4 Å². The number of hydrogen-bond acceptors (Lipinski definition) is 13. The van der Waals surface area contributed by atoms with Gasteiger partial charge in [-0.15, -0.1) is 5.46 Å². The number of nitrogens with two attached hydrogens (primary N) is 1. The number of aromatic amines is 1. The molecule has 1 aromatic heterocycles. The zero-order valence-electron chi connectivity index (χ0n) is 35.6. The van der Waals surface area contributed by atoms with E-state index in [0.717, 1.165) is 10.6 Å². The first-order valence-corrected chi connectivity index (χ1v) is 19.1. The molecule has 3 heterocycles. The second-order valence-electron chi connectivity index (χ2n) is 17.5. The average molecular weight is 833 g/mol. The van der Waals surface area contributed by atoms with Crippen molar-refractivity contribution >= 4 is 41.8 Å². The van der Waals surface area contributed by atoms with Crippen LogP contribution in [0.4, 0.5) is 0 Å². The number of amides is 4. The smallest absolute Gasteiger partial charge is 0.410 e. The molecule has 20 nitrogen and oxygen atoms in total. The summed E-state index contributed by atoms with van der Waals surface area (Å²) in [5.74, 6) is -3.24. The van der Waals surface area contributed by atoms with E-state index in [-0.39, 0.29) is 6.54 Å². The molecule has 2 saturated heterocycles. The van der Waals surface area contributed by atoms with E-state index in [9.17, 15) is 38.7 Å². The maximum absolute atomic E-state index is 13.8. The topological polar surface area (TPSA) is 271 Å². The molecule has 8 N–H and O–H groups in total. The van der Waals surface area contributed by atoms with Crippen molar-refractivity contribution in [3.05, 3.63) is 62.9 Å². The number of rotatable bonds is 16. The largest absolute Gasteiger partial charge is 0.543 e. The van der Waals surface area contributed by atoms with E-state index in [1.165, 1.54) is 75.8 Å². The van der Waals surface area contributed by atoms with E-state index in [0.29, 0.717) is 11.0 Å². The molecule has 2 fully saturated rings. The monoisotopic (exact) mass is 832 g/mol. The number of carbonyl (C=O) groups excluding carboxylic acids is 5. The van der Waals surface area contributed by atoms with E-state index < -0.39 is 106 Å². The van der Waals surface area contributed by atoms with Gasteiger partial charge in [-0.05, 0) is 81.9 Å². The maximum atomic E-state index is 13.8. The molecule has 0 aliphatic carbocycles. The second-order valence-corrected chi connectivity index (χ2v) is 17.5. The van der Waals surface area contributed by atoms with Crippen molar-refractivity contribution in [2.45, 2.75) is 128 Å². The molecule has 6 atom stereocenters. The summed E-state index contributed by atoms with van der Waals surface area (Å²) >= 11 is 0. The molecule has 4 amide bonds. The third kappa shape index (κ3) is 9.93. The van der Waals surface area contributed by atoms with Crippen LogP contribution in [0.2, 0.25) is 0 Å². The molecule has 0 bridgehead atoms. The number of aromatic nitrogens is 2. The Labute approximate surface area is 341 Å². The van der Waals surface area contributed by atoms with Gasteiger partial charge in [0.2, 0.25) is 17.7 Å². The fourth-order valence-corrected chi connectivity index (χ4v) is 6.61. The van der Waals surface area contributed by atoms with Crippen LogP contribution in [0.1, 0.15) is 81.0 Å². The summed E-state index contributed by atoms with van der Waals surface area (Å²) in [7, 11) is 2.59. The summed E-state index contributed by atoms with van der Waals surface area (Å²) in [4.78, 5) is 92.5. The second kappa shape index (κ2) is 17.0. The molecule has 59 heavy (non-hydrogen) atoms. The fraction of sp³-hybridized carbons (Fsp3) is 0.605. The van der Waals surface area contributed by atoms with Gasteiger partial charge in [-0.1, -0.05) is 24.3 Å². The average Bonchev–Trinajstić information content (AvgIpc) is 3.69. The van der Waals surface area contributed by atoms with Crippen molar-refractivity contribution in [2.75, 3.05) is 20.8 Å². The van der Waals surface area contributed by atoms with Crippen molar-refractivity contribution < 1.29 is 57.8 Å². The van der Waals surface area contributed by atoms with Crippen LogP contribution in [0.5, 0.6) is 0 Å². The van der Waals surface area contributed by atoms with Crippen LogP contribution in [0.15, 0.2) is 46.1 Å². The van der Waals surface area contributed by atoms with Crippen molar-refractivity contribution in [3.63, 3.8) is 0 Å². The number of nitrogens with one attached hydrogen (secondary N) is 5. The number of benzene rings is 1. The van der Waals surface area contributed by atoms with E-state index in [2.05, 4.69) is 26.3 Å². The lowest BCUT2D eigenvalue weighted by Crippen LogP contribution is -2.97. The Kier molecular flexibility index (Phi) is 13.5. The van der Waals surface area contributed by atoms with Gasteiger partial charge in [0.25, 0.3) is 11.5 Å². The first-order valence-electron chi connectivity index (χ1n) is 19.1. The minimum atomic E-state index is -2.69. The van der Waals surface area contributed by atoms with Crippen LogP contribution in [-0.4, -0.2) is 118 Å². The number of H-pyrrole nitrogens is 1. The summed E-state index contributed by atoms with van der Waals surface area (Å²) in [6, 6.07) is 8.27. The highest BCUT2D eigenvalue weighted by Crippen LogP contribution is 2.41. The van der Waals surface area contributed by atoms with E-state index in [1.54, 1.807) is 37.4 Å². The van der Waals surface area contributed by atoms with Gasteiger partial charge in [0, 0.05) is 12.3 Å². The van der Waals surface area contributed by atoms with Crippen molar-refractivity contribution in [1.29, 1.82) is 0 Å². The van der Waals surface area contributed by atoms with E-state index >= 15 is 0 Å². The SMILES string of the molecule is COC(=O)[C@@](C)([13CH3])NC(=O)C(C)(C)NC(=O)C(C)(C)NC(=O)C(C)(C)NC(=O)C(C)(C)[NH2+]Cc1ccccc1[B@-]1(OC)O[C@@H]2[C@H](O1)[C@@H](CO)O[C@H]2n1ccc(=O)[nH]c1=O. The molecule has 0 spiro atoms.